The van der Waals surface area contributed by atoms with E-state index in [1.807, 2.05) is 25.1 Å². The molecule has 2 fully saturated rings. The summed E-state index contributed by atoms with van der Waals surface area (Å²) in [6.07, 6.45) is 1.28. The van der Waals surface area contributed by atoms with Crippen LogP contribution in [0.4, 0.5) is 15.3 Å². The highest BCUT2D eigenvalue weighted by atomic mass is 16.6. The fourth-order valence-electron chi connectivity index (χ4n) is 3.31. The standard InChI is InChI=1S/C17H23N3O4/c1-3-23-14-7-4-6-13(10-14)18-15(21)20-9-5-8-17(12-20)11-19(2)16(22)24-17/h4,6-7,10H,3,5,8-9,11-12H2,1-2H3,(H,18,21)/t17-/m0/s1. The van der Waals surface area contributed by atoms with Crippen molar-refractivity contribution in [1.29, 1.82) is 0 Å². The Kier molecular flexibility index (Phi) is 4.51. The smallest absolute Gasteiger partial charge is 0.410 e. The van der Waals surface area contributed by atoms with Crippen molar-refractivity contribution in [1.82, 2.24) is 9.80 Å². The van der Waals surface area contributed by atoms with Gasteiger partial charge in [0.15, 0.2) is 0 Å². The molecule has 1 atom stereocenters. The van der Waals surface area contributed by atoms with Gasteiger partial charge in [-0.25, -0.2) is 9.59 Å². The summed E-state index contributed by atoms with van der Waals surface area (Å²) in [4.78, 5) is 27.5. The maximum absolute atomic E-state index is 12.6. The third kappa shape index (κ3) is 3.39. The second kappa shape index (κ2) is 6.59. The summed E-state index contributed by atoms with van der Waals surface area (Å²) in [5.74, 6) is 0.719. The van der Waals surface area contributed by atoms with Crippen molar-refractivity contribution in [2.24, 2.45) is 0 Å². The molecular weight excluding hydrogens is 310 g/mol. The van der Waals surface area contributed by atoms with Gasteiger partial charge >= 0.3 is 12.1 Å². The summed E-state index contributed by atoms with van der Waals surface area (Å²) >= 11 is 0. The molecule has 2 heterocycles. The Labute approximate surface area is 141 Å². The van der Waals surface area contributed by atoms with Crippen LogP contribution in [0.3, 0.4) is 0 Å². The van der Waals surface area contributed by atoms with E-state index in [1.165, 1.54) is 0 Å². The maximum atomic E-state index is 12.6. The van der Waals surface area contributed by atoms with Gasteiger partial charge in [-0.15, -0.1) is 0 Å². The number of hydrogen-bond acceptors (Lipinski definition) is 4. The third-order valence-electron chi connectivity index (χ3n) is 4.36. The van der Waals surface area contributed by atoms with Gasteiger partial charge in [-0.1, -0.05) is 6.07 Å². The molecule has 3 rings (SSSR count). The van der Waals surface area contributed by atoms with Gasteiger partial charge in [0.2, 0.25) is 0 Å². The van der Waals surface area contributed by atoms with E-state index in [0.29, 0.717) is 31.9 Å². The number of likely N-dealkylation sites (tertiary alicyclic amines) is 1. The molecule has 0 bridgehead atoms. The fourth-order valence-corrected chi connectivity index (χ4v) is 3.31. The van der Waals surface area contributed by atoms with Crippen molar-refractivity contribution in [2.75, 3.05) is 38.6 Å². The molecule has 7 heteroatoms. The van der Waals surface area contributed by atoms with Gasteiger partial charge in [0, 0.05) is 25.3 Å². The predicted molar refractivity (Wildman–Crippen MR) is 89.3 cm³/mol. The van der Waals surface area contributed by atoms with Crippen LogP contribution in [-0.4, -0.2) is 60.8 Å². The summed E-state index contributed by atoms with van der Waals surface area (Å²) in [6, 6.07) is 7.12. The zero-order valence-corrected chi connectivity index (χ0v) is 14.1. The monoisotopic (exact) mass is 333 g/mol. The summed E-state index contributed by atoms with van der Waals surface area (Å²) in [5.41, 5.74) is 0.111. The highest BCUT2D eigenvalue weighted by Gasteiger charge is 2.47. The summed E-state index contributed by atoms with van der Waals surface area (Å²) < 4.78 is 11.0. The van der Waals surface area contributed by atoms with Gasteiger partial charge in [-0.05, 0) is 31.9 Å². The van der Waals surface area contributed by atoms with Gasteiger partial charge in [0.05, 0.1) is 19.7 Å². The SMILES string of the molecule is CCOc1cccc(NC(=O)N2CCC[C@]3(CN(C)C(=O)O3)C2)c1. The second-order valence-corrected chi connectivity index (χ2v) is 6.32. The van der Waals surface area contributed by atoms with E-state index in [2.05, 4.69) is 5.32 Å². The number of amides is 3. The number of benzene rings is 1. The van der Waals surface area contributed by atoms with Crippen molar-refractivity contribution in [3.8, 4) is 5.75 Å². The first-order chi connectivity index (χ1) is 11.5. The van der Waals surface area contributed by atoms with Crippen LogP contribution in [0.5, 0.6) is 5.75 Å². The minimum absolute atomic E-state index is 0.187. The number of piperidine rings is 1. The van der Waals surface area contributed by atoms with Crippen molar-refractivity contribution in [3.63, 3.8) is 0 Å². The molecule has 1 spiro atoms. The average molecular weight is 333 g/mol. The summed E-state index contributed by atoms with van der Waals surface area (Å²) in [5, 5.41) is 2.89. The molecule has 7 nitrogen and oxygen atoms in total. The minimum atomic E-state index is -0.575. The number of ether oxygens (including phenoxy) is 2. The molecule has 2 saturated heterocycles. The zero-order valence-electron chi connectivity index (χ0n) is 14.1. The number of nitrogens with one attached hydrogen (secondary N) is 1. The highest BCUT2D eigenvalue weighted by molar-refractivity contribution is 5.89. The molecule has 1 aromatic carbocycles. The van der Waals surface area contributed by atoms with Crippen LogP contribution in [0, 0.1) is 0 Å². The fraction of sp³-hybridized carbons (Fsp3) is 0.529. The van der Waals surface area contributed by atoms with Gasteiger partial charge in [-0.2, -0.15) is 0 Å². The van der Waals surface area contributed by atoms with Crippen LogP contribution in [0.15, 0.2) is 24.3 Å². The number of nitrogens with zero attached hydrogens (tertiary/aromatic N) is 2. The number of hydrogen-bond donors (Lipinski definition) is 1. The number of anilines is 1. The van der Waals surface area contributed by atoms with E-state index in [4.69, 9.17) is 9.47 Å². The first kappa shape index (κ1) is 16.4. The van der Waals surface area contributed by atoms with Gasteiger partial charge in [0.1, 0.15) is 11.4 Å². The molecule has 3 amide bonds. The molecule has 24 heavy (non-hydrogen) atoms. The number of likely N-dealkylation sites (N-methyl/N-ethyl adjacent to an activating group) is 1. The largest absolute Gasteiger partial charge is 0.494 e. The molecule has 1 N–H and O–H groups in total. The highest BCUT2D eigenvalue weighted by Crippen LogP contribution is 2.31. The lowest BCUT2D eigenvalue weighted by molar-refractivity contribution is 0.00497. The lowest BCUT2D eigenvalue weighted by Crippen LogP contribution is -2.53. The molecular formula is C17H23N3O4. The second-order valence-electron chi connectivity index (χ2n) is 6.32. The first-order valence-corrected chi connectivity index (χ1v) is 8.24. The van der Waals surface area contributed by atoms with Crippen molar-refractivity contribution in [3.05, 3.63) is 24.3 Å². The van der Waals surface area contributed by atoms with E-state index < -0.39 is 5.60 Å². The number of carbonyl (C=O) groups excluding carboxylic acids is 2. The van der Waals surface area contributed by atoms with Gasteiger partial charge in [0.25, 0.3) is 0 Å². The Bertz CT molecular complexity index is 636. The topological polar surface area (TPSA) is 71.1 Å². The number of carbonyl (C=O) groups is 2. The van der Waals surface area contributed by atoms with E-state index in [0.717, 1.165) is 18.6 Å². The summed E-state index contributed by atoms with van der Waals surface area (Å²) in [7, 11) is 1.72. The number of rotatable bonds is 3. The average Bonchev–Trinajstić information content (AvgIpc) is 2.81. The van der Waals surface area contributed by atoms with Crippen molar-refractivity contribution >= 4 is 17.8 Å². The molecule has 2 aliphatic heterocycles. The van der Waals surface area contributed by atoms with Crippen LogP contribution in [0.25, 0.3) is 0 Å². The van der Waals surface area contributed by atoms with Crippen LogP contribution in [0.2, 0.25) is 0 Å². The van der Waals surface area contributed by atoms with E-state index in [1.54, 1.807) is 22.9 Å². The minimum Gasteiger partial charge on any atom is -0.494 e. The Morgan fingerprint density at radius 3 is 2.96 bits per heavy atom. The molecule has 0 saturated carbocycles. The van der Waals surface area contributed by atoms with Crippen LogP contribution in [-0.2, 0) is 4.74 Å². The quantitative estimate of drug-likeness (QED) is 0.923. The zero-order chi connectivity index (χ0) is 17.2. The predicted octanol–water partition coefficient (Wildman–Crippen LogP) is 2.53. The lowest BCUT2D eigenvalue weighted by Gasteiger charge is -2.38. The van der Waals surface area contributed by atoms with Crippen LogP contribution >= 0.6 is 0 Å². The Morgan fingerprint density at radius 2 is 2.25 bits per heavy atom. The normalized spacial score (nSPS) is 23.3. The molecule has 2 aliphatic rings. The molecule has 0 radical (unpaired) electrons. The Hall–Kier alpha value is -2.44. The van der Waals surface area contributed by atoms with Gasteiger partial charge in [-0.3, -0.25) is 0 Å². The van der Waals surface area contributed by atoms with E-state index in [-0.39, 0.29) is 12.1 Å². The first-order valence-electron chi connectivity index (χ1n) is 8.24. The lowest BCUT2D eigenvalue weighted by atomic mass is 9.93. The van der Waals surface area contributed by atoms with E-state index in [9.17, 15) is 9.59 Å². The molecule has 0 aliphatic carbocycles. The molecule has 0 unspecified atom stereocenters. The molecule has 130 valence electrons. The number of urea groups is 1. The summed E-state index contributed by atoms with van der Waals surface area (Å²) in [6.45, 7) is 4.08. The van der Waals surface area contributed by atoms with E-state index >= 15 is 0 Å². The van der Waals surface area contributed by atoms with Gasteiger partial charge < -0.3 is 24.6 Å². The molecule has 0 aromatic heterocycles. The Morgan fingerprint density at radius 1 is 1.42 bits per heavy atom. The molecule has 1 aromatic rings. The van der Waals surface area contributed by atoms with Crippen molar-refractivity contribution in [2.45, 2.75) is 25.4 Å². The van der Waals surface area contributed by atoms with Crippen molar-refractivity contribution < 1.29 is 19.1 Å². The maximum Gasteiger partial charge on any atom is 0.410 e. The third-order valence-corrected chi connectivity index (χ3v) is 4.36. The van der Waals surface area contributed by atoms with Crippen LogP contribution < -0.4 is 10.1 Å². The van der Waals surface area contributed by atoms with Crippen LogP contribution in [0.1, 0.15) is 19.8 Å². The Balaban J connectivity index is 1.65.